The Morgan fingerprint density at radius 3 is 2.42 bits per heavy atom. The van der Waals surface area contributed by atoms with Crippen LogP contribution in [0.5, 0.6) is 0 Å². The average molecular weight is 429 g/mol. The van der Waals surface area contributed by atoms with E-state index in [4.69, 9.17) is 5.73 Å². The predicted octanol–water partition coefficient (Wildman–Crippen LogP) is 4.59. The molecule has 0 bridgehead atoms. The number of nitrogens with zero attached hydrogens (tertiary/aromatic N) is 1. The lowest BCUT2D eigenvalue weighted by molar-refractivity contribution is -0.121. The van der Waals surface area contributed by atoms with Crippen LogP contribution in [0.25, 0.3) is 6.08 Å². The van der Waals surface area contributed by atoms with Crippen LogP contribution in [0.3, 0.4) is 0 Å². The fraction of sp³-hybridized carbons (Fsp3) is 0.0800. The van der Waals surface area contributed by atoms with Gasteiger partial charge >= 0.3 is 0 Å². The summed E-state index contributed by atoms with van der Waals surface area (Å²) in [5.74, 6) is -0.667. The third-order valence-corrected chi connectivity index (χ3v) is 6.06. The number of benzene rings is 3. The van der Waals surface area contributed by atoms with Crippen molar-refractivity contribution >= 4 is 46.8 Å². The van der Waals surface area contributed by atoms with Crippen molar-refractivity contribution in [1.29, 1.82) is 0 Å². The van der Waals surface area contributed by atoms with Gasteiger partial charge in [0.1, 0.15) is 0 Å². The fourth-order valence-corrected chi connectivity index (χ4v) is 4.45. The van der Waals surface area contributed by atoms with Crippen molar-refractivity contribution in [2.24, 2.45) is 0 Å². The van der Waals surface area contributed by atoms with Gasteiger partial charge in [0.05, 0.1) is 10.9 Å². The highest BCUT2D eigenvalue weighted by atomic mass is 32.2. The monoisotopic (exact) mass is 428 g/mol. The number of ketones is 1. The SMILES string of the molecule is Nc1cccc(SC2CC(=O)N(c3ccc(C(=O)/C=C/c4ccccc4)cc3)C2=O)c1. The van der Waals surface area contributed by atoms with Gasteiger partial charge in [-0.2, -0.15) is 0 Å². The molecule has 0 spiro atoms. The molecule has 31 heavy (non-hydrogen) atoms. The molecule has 0 radical (unpaired) electrons. The standard InChI is InChI=1S/C25H20N2O3S/c26-19-7-4-8-21(15-19)31-23-16-24(29)27(25(23)30)20-12-10-18(11-13-20)22(28)14-9-17-5-2-1-3-6-17/h1-15,23H,16,26H2/b14-9+. The lowest BCUT2D eigenvalue weighted by atomic mass is 10.1. The number of allylic oxidation sites excluding steroid dienone is 1. The van der Waals surface area contributed by atoms with Crippen molar-refractivity contribution in [2.45, 2.75) is 16.6 Å². The summed E-state index contributed by atoms with van der Waals surface area (Å²) in [5, 5.41) is -0.496. The molecule has 1 aliphatic heterocycles. The van der Waals surface area contributed by atoms with Gasteiger partial charge in [-0.25, -0.2) is 4.90 Å². The molecular formula is C25H20N2O3S. The highest BCUT2D eigenvalue weighted by molar-refractivity contribution is 8.00. The second-order valence-electron chi connectivity index (χ2n) is 7.11. The molecule has 1 saturated heterocycles. The topological polar surface area (TPSA) is 80.5 Å². The van der Waals surface area contributed by atoms with E-state index < -0.39 is 5.25 Å². The van der Waals surface area contributed by atoms with Gasteiger partial charge in [0.25, 0.3) is 0 Å². The number of nitrogen functional groups attached to an aromatic ring is 1. The smallest absolute Gasteiger partial charge is 0.247 e. The zero-order valence-corrected chi connectivity index (χ0v) is 17.4. The minimum absolute atomic E-state index is 0.124. The van der Waals surface area contributed by atoms with Crippen molar-refractivity contribution in [3.8, 4) is 0 Å². The van der Waals surface area contributed by atoms with Crippen molar-refractivity contribution in [3.05, 3.63) is 96.1 Å². The Morgan fingerprint density at radius 2 is 1.71 bits per heavy atom. The number of thioether (sulfide) groups is 1. The summed E-state index contributed by atoms with van der Waals surface area (Å²) in [5.41, 5.74) is 8.30. The van der Waals surface area contributed by atoms with Crippen LogP contribution in [0, 0.1) is 0 Å². The Balaban J connectivity index is 1.45. The van der Waals surface area contributed by atoms with Crippen LogP contribution in [0.4, 0.5) is 11.4 Å². The number of anilines is 2. The molecular weight excluding hydrogens is 408 g/mol. The fourth-order valence-electron chi connectivity index (χ4n) is 3.33. The van der Waals surface area contributed by atoms with E-state index in [0.717, 1.165) is 10.5 Å². The van der Waals surface area contributed by atoms with Gasteiger partial charge in [0.15, 0.2) is 5.78 Å². The Bertz CT molecular complexity index is 1160. The van der Waals surface area contributed by atoms with Gasteiger partial charge in [-0.05, 0) is 54.1 Å². The highest BCUT2D eigenvalue weighted by Gasteiger charge is 2.40. The zero-order chi connectivity index (χ0) is 21.8. The van der Waals surface area contributed by atoms with Gasteiger partial charge in [-0.3, -0.25) is 14.4 Å². The molecule has 2 amide bonds. The molecule has 2 N–H and O–H groups in total. The van der Waals surface area contributed by atoms with Crippen LogP contribution in [-0.4, -0.2) is 22.8 Å². The molecule has 6 heteroatoms. The average Bonchev–Trinajstić information content (AvgIpc) is 3.05. The van der Waals surface area contributed by atoms with Crippen LogP contribution in [0.1, 0.15) is 22.3 Å². The second kappa shape index (κ2) is 9.02. The van der Waals surface area contributed by atoms with Gasteiger partial charge in [-0.15, -0.1) is 11.8 Å². The first-order valence-electron chi connectivity index (χ1n) is 9.78. The summed E-state index contributed by atoms with van der Waals surface area (Å²) < 4.78 is 0. The van der Waals surface area contributed by atoms with Gasteiger partial charge in [0, 0.05) is 22.6 Å². The number of carbonyl (C=O) groups excluding carboxylic acids is 3. The molecule has 154 valence electrons. The van der Waals surface area contributed by atoms with E-state index in [2.05, 4.69) is 0 Å². The summed E-state index contributed by atoms with van der Waals surface area (Å²) in [6.07, 6.45) is 3.38. The number of rotatable bonds is 6. The molecule has 4 rings (SSSR count). The molecule has 0 aromatic heterocycles. The molecule has 5 nitrogen and oxygen atoms in total. The van der Waals surface area contributed by atoms with Gasteiger partial charge in [0.2, 0.25) is 11.8 Å². The van der Waals surface area contributed by atoms with E-state index in [1.54, 1.807) is 42.5 Å². The summed E-state index contributed by atoms with van der Waals surface area (Å²) in [4.78, 5) is 39.8. The Morgan fingerprint density at radius 1 is 0.968 bits per heavy atom. The predicted molar refractivity (Wildman–Crippen MR) is 124 cm³/mol. The third kappa shape index (κ3) is 4.75. The Hall–Kier alpha value is -3.64. The lowest BCUT2D eigenvalue weighted by Crippen LogP contribution is -2.31. The molecule has 1 aliphatic rings. The molecule has 1 heterocycles. The maximum absolute atomic E-state index is 12.9. The van der Waals surface area contributed by atoms with E-state index in [0.29, 0.717) is 16.9 Å². The van der Waals surface area contributed by atoms with Crippen molar-refractivity contribution in [2.75, 3.05) is 10.6 Å². The van der Waals surface area contributed by atoms with Gasteiger partial charge < -0.3 is 5.73 Å². The number of carbonyl (C=O) groups is 3. The Labute approximate surface area is 184 Å². The van der Waals surface area contributed by atoms with Gasteiger partial charge in [-0.1, -0.05) is 42.5 Å². The molecule has 3 aromatic carbocycles. The summed E-state index contributed by atoms with van der Waals surface area (Å²) in [7, 11) is 0. The maximum Gasteiger partial charge on any atom is 0.247 e. The van der Waals surface area contributed by atoms with Crippen molar-refractivity contribution in [1.82, 2.24) is 0 Å². The number of imide groups is 1. The minimum atomic E-state index is -0.496. The molecule has 1 fully saturated rings. The number of nitrogens with two attached hydrogens (primary N) is 1. The maximum atomic E-state index is 12.9. The normalized spacial score (nSPS) is 16.3. The third-order valence-electron chi connectivity index (χ3n) is 4.88. The quantitative estimate of drug-likeness (QED) is 0.269. The van der Waals surface area contributed by atoms with E-state index in [1.807, 2.05) is 42.5 Å². The summed E-state index contributed by atoms with van der Waals surface area (Å²) in [6.45, 7) is 0. The number of amides is 2. The molecule has 1 atom stereocenters. The molecule has 3 aromatic rings. The lowest BCUT2D eigenvalue weighted by Gasteiger charge is -2.15. The molecule has 0 aliphatic carbocycles. The highest BCUT2D eigenvalue weighted by Crippen LogP contribution is 2.34. The van der Waals surface area contributed by atoms with Crippen molar-refractivity contribution < 1.29 is 14.4 Å². The van der Waals surface area contributed by atoms with Crippen LogP contribution in [0.15, 0.2) is 89.8 Å². The second-order valence-corrected chi connectivity index (χ2v) is 8.38. The molecule has 0 saturated carbocycles. The van der Waals surface area contributed by atoms with Crippen LogP contribution < -0.4 is 10.6 Å². The van der Waals surface area contributed by atoms with Crippen LogP contribution in [0.2, 0.25) is 0 Å². The number of hydrogen-bond acceptors (Lipinski definition) is 5. The Kier molecular flexibility index (Phi) is 6.00. The van der Waals surface area contributed by atoms with E-state index in [1.165, 1.54) is 22.7 Å². The summed E-state index contributed by atoms with van der Waals surface area (Å²) in [6, 6.07) is 23.3. The van der Waals surface area contributed by atoms with Crippen LogP contribution >= 0.6 is 11.8 Å². The van der Waals surface area contributed by atoms with E-state index in [-0.39, 0.29) is 24.0 Å². The number of hydrogen-bond donors (Lipinski definition) is 1. The first kappa shape index (κ1) is 20.6. The minimum Gasteiger partial charge on any atom is -0.399 e. The first-order chi connectivity index (χ1) is 15.0. The van der Waals surface area contributed by atoms with Crippen molar-refractivity contribution in [3.63, 3.8) is 0 Å². The zero-order valence-electron chi connectivity index (χ0n) is 16.6. The largest absolute Gasteiger partial charge is 0.399 e. The van der Waals surface area contributed by atoms with Crippen LogP contribution in [-0.2, 0) is 9.59 Å². The molecule has 1 unspecified atom stereocenters. The first-order valence-corrected chi connectivity index (χ1v) is 10.7. The van der Waals surface area contributed by atoms with E-state index >= 15 is 0 Å². The summed E-state index contributed by atoms with van der Waals surface area (Å²) >= 11 is 1.33. The van der Waals surface area contributed by atoms with E-state index in [9.17, 15) is 14.4 Å².